The molecule has 3 nitrogen and oxygen atoms in total. The van der Waals surface area contributed by atoms with Gasteiger partial charge >= 0.3 is 5.51 Å². The Hall–Kier alpha value is -1.89. The number of rotatable bonds is 4. The number of hydrogen-bond acceptors (Lipinski definition) is 3. The minimum Gasteiger partial charge on any atom is -0.467 e. The van der Waals surface area contributed by atoms with Crippen LogP contribution in [0.25, 0.3) is 0 Å². The predicted octanol–water partition coefficient (Wildman–Crippen LogP) is 3.82. The van der Waals surface area contributed by atoms with Crippen LogP contribution >= 0.6 is 11.8 Å². The van der Waals surface area contributed by atoms with E-state index in [1.54, 1.807) is 12.1 Å². The highest BCUT2D eigenvalue weighted by atomic mass is 32.2. The maximum atomic E-state index is 12.2. The molecule has 1 aromatic heterocycles. The Kier molecular flexibility index (Phi) is 4.39. The summed E-state index contributed by atoms with van der Waals surface area (Å²) in [5, 5.41) is 2.61. The van der Waals surface area contributed by atoms with Crippen molar-refractivity contribution in [2.45, 2.75) is 16.9 Å². The monoisotopic (exact) mass is 301 g/mol. The molecule has 0 aliphatic carbocycles. The number of thioether (sulfide) groups is 1. The smallest absolute Gasteiger partial charge is 0.446 e. The zero-order chi connectivity index (χ0) is 14.6. The third-order valence-corrected chi connectivity index (χ3v) is 3.09. The maximum Gasteiger partial charge on any atom is 0.446 e. The van der Waals surface area contributed by atoms with Gasteiger partial charge in [-0.15, -0.1) is 0 Å². The van der Waals surface area contributed by atoms with Crippen LogP contribution in [-0.2, 0) is 6.54 Å². The summed E-state index contributed by atoms with van der Waals surface area (Å²) in [6.07, 6.45) is 1.49. The lowest BCUT2D eigenvalue weighted by atomic mass is 10.2. The fourth-order valence-electron chi connectivity index (χ4n) is 1.49. The molecule has 20 heavy (non-hydrogen) atoms. The fourth-order valence-corrected chi connectivity index (χ4v) is 2.03. The Morgan fingerprint density at radius 2 is 1.90 bits per heavy atom. The molecule has 0 fully saturated rings. The zero-order valence-corrected chi connectivity index (χ0v) is 10.9. The first kappa shape index (κ1) is 14.5. The first-order valence-electron chi connectivity index (χ1n) is 5.60. The van der Waals surface area contributed by atoms with Crippen LogP contribution in [0.5, 0.6) is 0 Å². The van der Waals surface area contributed by atoms with Crippen LogP contribution in [0, 0.1) is 0 Å². The zero-order valence-electron chi connectivity index (χ0n) is 10.1. The van der Waals surface area contributed by atoms with E-state index >= 15 is 0 Å². The van der Waals surface area contributed by atoms with Crippen molar-refractivity contribution in [1.82, 2.24) is 5.32 Å². The molecule has 0 spiro atoms. The number of amides is 1. The van der Waals surface area contributed by atoms with E-state index in [0.29, 0.717) is 11.3 Å². The summed E-state index contributed by atoms with van der Waals surface area (Å²) in [5.74, 6) is 0.229. The van der Waals surface area contributed by atoms with E-state index < -0.39 is 5.51 Å². The molecule has 1 amide bonds. The fraction of sp³-hybridized carbons (Fsp3) is 0.154. The lowest BCUT2D eigenvalue weighted by Crippen LogP contribution is -2.22. The van der Waals surface area contributed by atoms with Gasteiger partial charge in [0, 0.05) is 10.5 Å². The van der Waals surface area contributed by atoms with Crippen LogP contribution < -0.4 is 5.32 Å². The largest absolute Gasteiger partial charge is 0.467 e. The van der Waals surface area contributed by atoms with Crippen molar-refractivity contribution >= 4 is 17.7 Å². The van der Waals surface area contributed by atoms with E-state index in [1.807, 2.05) is 0 Å². The molecule has 0 radical (unpaired) electrons. The van der Waals surface area contributed by atoms with E-state index in [9.17, 15) is 18.0 Å². The molecule has 0 aliphatic heterocycles. The lowest BCUT2D eigenvalue weighted by Gasteiger charge is -2.07. The van der Waals surface area contributed by atoms with Crippen molar-refractivity contribution in [3.63, 3.8) is 0 Å². The topological polar surface area (TPSA) is 42.2 Å². The first-order chi connectivity index (χ1) is 9.44. The molecule has 0 aliphatic rings. The molecule has 0 saturated heterocycles. The number of carbonyl (C=O) groups is 1. The lowest BCUT2D eigenvalue weighted by molar-refractivity contribution is -0.0328. The van der Waals surface area contributed by atoms with Crippen LogP contribution in [0.1, 0.15) is 16.1 Å². The van der Waals surface area contributed by atoms with E-state index in [1.165, 1.54) is 30.5 Å². The Labute approximate surface area is 117 Å². The molecular weight excluding hydrogens is 291 g/mol. The summed E-state index contributed by atoms with van der Waals surface area (Å²) in [7, 11) is 0. The van der Waals surface area contributed by atoms with Crippen LogP contribution in [0.15, 0.2) is 52.0 Å². The third kappa shape index (κ3) is 4.34. The molecular formula is C13H10F3NO2S. The SMILES string of the molecule is O=C(NCc1ccco1)c1ccc(SC(F)(F)F)cc1. The minimum absolute atomic E-state index is 0.0417. The second-order valence-electron chi connectivity index (χ2n) is 3.83. The third-order valence-electron chi connectivity index (χ3n) is 2.35. The number of nitrogens with one attached hydrogen (secondary N) is 1. The van der Waals surface area contributed by atoms with Gasteiger partial charge in [-0.05, 0) is 48.2 Å². The number of benzene rings is 1. The van der Waals surface area contributed by atoms with Crippen molar-refractivity contribution in [2.24, 2.45) is 0 Å². The average Bonchev–Trinajstić information content (AvgIpc) is 2.88. The average molecular weight is 301 g/mol. The van der Waals surface area contributed by atoms with Gasteiger partial charge in [-0.2, -0.15) is 13.2 Å². The summed E-state index contributed by atoms with van der Waals surface area (Å²) >= 11 is -0.214. The molecule has 1 heterocycles. The first-order valence-corrected chi connectivity index (χ1v) is 6.42. The highest BCUT2D eigenvalue weighted by molar-refractivity contribution is 8.00. The molecule has 106 valence electrons. The van der Waals surface area contributed by atoms with Gasteiger partial charge in [-0.25, -0.2) is 0 Å². The number of hydrogen-bond donors (Lipinski definition) is 1. The molecule has 2 rings (SSSR count). The molecule has 1 aromatic carbocycles. The molecule has 7 heteroatoms. The molecule has 0 saturated carbocycles. The van der Waals surface area contributed by atoms with Crippen LogP contribution in [0.3, 0.4) is 0 Å². The second kappa shape index (κ2) is 6.04. The van der Waals surface area contributed by atoms with E-state index in [4.69, 9.17) is 4.42 Å². The van der Waals surface area contributed by atoms with Crippen LogP contribution in [0.4, 0.5) is 13.2 Å². The van der Waals surface area contributed by atoms with E-state index in [0.717, 1.165) is 0 Å². The number of furan rings is 1. The van der Waals surface area contributed by atoms with Crippen molar-refractivity contribution in [2.75, 3.05) is 0 Å². The Bertz CT molecular complexity index is 564. The van der Waals surface area contributed by atoms with Crippen molar-refractivity contribution in [1.29, 1.82) is 0 Å². The van der Waals surface area contributed by atoms with Gasteiger partial charge in [0.1, 0.15) is 5.76 Å². The normalized spacial score (nSPS) is 11.3. The minimum atomic E-state index is -4.33. The maximum absolute atomic E-state index is 12.2. The van der Waals surface area contributed by atoms with Gasteiger partial charge in [-0.3, -0.25) is 4.79 Å². The van der Waals surface area contributed by atoms with Gasteiger partial charge in [0.2, 0.25) is 0 Å². The predicted molar refractivity (Wildman–Crippen MR) is 68.2 cm³/mol. The summed E-state index contributed by atoms with van der Waals surface area (Å²) in [6, 6.07) is 8.64. The molecule has 2 aromatic rings. The number of carbonyl (C=O) groups excluding carboxylic acids is 1. The second-order valence-corrected chi connectivity index (χ2v) is 4.97. The van der Waals surface area contributed by atoms with Gasteiger partial charge < -0.3 is 9.73 Å². The van der Waals surface area contributed by atoms with Gasteiger partial charge in [0.15, 0.2) is 0 Å². The molecule has 0 unspecified atom stereocenters. The Balaban J connectivity index is 1.93. The van der Waals surface area contributed by atoms with Gasteiger partial charge in [-0.1, -0.05) is 0 Å². The van der Waals surface area contributed by atoms with Crippen molar-refractivity contribution in [3.8, 4) is 0 Å². The summed E-state index contributed by atoms with van der Waals surface area (Å²) in [4.78, 5) is 11.8. The molecule has 0 atom stereocenters. The van der Waals surface area contributed by atoms with Crippen LogP contribution in [-0.4, -0.2) is 11.4 Å². The summed E-state index contributed by atoms with van der Waals surface area (Å²) < 4.78 is 41.5. The van der Waals surface area contributed by atoms with Gasteiger partial charge in [0.25, 0.3) is 5.91 Å². The highest BCUT2D eigenvalue weighted by Crippen LogP contribution is 2.36. The highest BCUT2D eigenvalue weighted by Gasteiger charge is 2.29. The van der Waals surface area contributed by atoms with E-state index in [2.05, 4.69) is 5.32 Å². The summed E-state index contributed by atoms with van der Waals surface area (Å²) in [5.41, 5.74) is -4.04. The number of alkyl halides is 3. The van der Waals surface area contributed by atoms with Crippen molar-refractivity contribution < 1.29 is 22.4 Å². The van der Waals surface area contributed by atoms with Gasteiger partial charge in [0.05, 0.1) is 12.8 Å². The Morgan fingerprint density at radius 1 is 1.20 bits per heavy atom. The number of halogens is 3. The van der Waals surface area contributed by atoms with Crippen molar-refractivity contribution in [3.05, 3.63) is 54.0 Å². The summed E-state index contributed by atoms with van der Waals surface area (Å²) in [6.45, 7) is 0.227. The quantitative estimate of drug-likeness (QED) is 0.873. The Morgan fingerprint density at radius 3 is 2.45 bits per heavy atom. The molecule has 0 bridgehead atoms. The molecule has 1 N–H and O–H groups in total. The van der Waals surface area contributed by atoms with Crippen LogP contribution in [0.2, 0.25) is 0 Å². The standard InChI is InChI=1S/C13H10F3NO2S/c14-13(15,16)20-11-5-3-9(4-6-11)12(18)17-8-10-2-1-7-19-10/h1-7H,8H2,(H,17,18). The van der Waals surface area contributed by atoms with E-state index in [-0.39, 0.29) is 29.1 Å².